The normalized spacial score (nSPS) is 12.8. The molecule has 0 bridgehead atoms. The number of halogens is 1. The topological polar surface area (TPSA) is 26.0 Å². The molecule has 3 heteroatoms. The van der Waals surface area contributed by atoms with E-state index in [0.717, 1.165) is 28.6 Å². The molecule has 16 heavy (non-hydrogen) atoms. The van der Waals surface area contributed by atoms with E-state index in [1.807, 2.05) is 11.8 Å². The lowest BCUT2D eigenvalue weighted by atomic mass is 10.1. The predicted molar refractivity (Wildman–Crippen MR) is 69.9 cm³/mol. The zero-order chi connectivity index (χ0) is 12.0. The number of nitrogens with two attached hydrogens (primary N) is 1. The summed E-state index contributed by atoms with van der Waals surface area (Å²) in [7, 11) is 0. The smallest absolute Gasteiger partial charge is 0.123 e. The van der Waals surface area contributed by atoms with E-state index in [2.05, 4.69) is 13.8 Å². The Kier molecular flexibility index (Phi) is 5.85. The summed E-state index contributed by atoms with van der Waals surface area (Å²) in [6.45, 7) is 4.92. The van der Waals surface area contributed by atoms with Crippen LogP contribution in [0.1, 0.15) is 31.4 Å². The van der Waals surface area contributed by atoms with Crippen molar-refractivity contribution in [2.45, 2.75) is 32.6 Å². The third-order valence-electron chi connectivity index (χ3n) is 2.75. The average Bonchev–Trinajstić information content (AvgIpc) is 2.29. The van der Waals surface area contributed by atoms with Gasteiger partial charge in [0.1, 0.15) is 5.82 Å². The number of hydrogen-bond donors (Lipinski definition) is 1. The summed E-state index contributed by atoms with van der Waals surface area (Å²) in [4.78, 5) is 0. The van der Waals surface area contributed by atoms with Gasteiger partial charge in [0.05, 0.1) is 0 Å². The van der Waals surface area contributed by atoms with E-state index in [1.54, 1.807) is 12.1 Å². The summed E-state index contributed by atoms with van der Waals surface area (Å²) in [6, 6.07) is 4.87. The second-order valence-corrected chi connectivity index (χ2v) is 5.18. The van der Waals surface area contributed by atoms with Crippen LogP contribution < -0.4 is 5.73 Å². The fourth-order valence-corrected chi connectivity index (χ4v) is 2.66. The molecular formula is C13H20FNS. The monoisotopic (exact) mass is 241 g/mol. The van der Waals surface area contributed by atoms with Crippen LogP contribution >= 0.6 is 11.8 Å². The molecule has 0 saturated carbocycles. The van der Waals surface area contributed by atoms with Crippen molar-refractivity contribution >= 4 is 11.8 Å². The highest BCUT2D eigenvalue weighted by Gasteiger charge is 2.04. The van der Waals surface area contributed by atoms with Crippen LogP contribution in [0, 0.1) is 11.7 Å². The third kappa shape index (κ3) is 4.14. The van der Waals surface area contributed by atoms with Gasteiger partial charge in [-0.05, 0) is 34.9 Å². The Morgan fingerprint density at radius 1 is 1.38 bits per heavy atom. The highest BCUT2D eigenvalue weighted by molar-refractivity contribution is 7.98. The molecular weight excluding hydrogens is 221 g/mol. The van der Waals surface area contributed by atoms with Gasteiger partial charge in [-0.1, -0.05) is 26.3 Å². The maximum atomic E-state index is 13.1. The lowest BCUT2D eigenvalue weighted by Gasteiger charge is -2.10. The van der Waals surface area contributed by atoms with E-state index in [4.69, 9.17) is 5.73 Å². The summed E-state index contributed by atoms with van der Waals surface area (Å²) in [5.41, 5.74) is 7.72. The van der Waals surface area contributed by atoms with Gasteiger partial charge in [-0.15, -0.1) is 0 Å². The number of hydrogen-bond acceptors (Lipinski definition) is 2. The summed E-state index contributed by atoms with van der Waals surface area (Å²) in [5.74, 6) is 2.53. The molecule has 1 rings (SSSR count). The van der Waals surface area contributed by atoms with Crippen molar-refractivity contribution in [1.82, 2.24) is 0 Å². The zero-order valence-electron chi connectivity index (χ0n) is 10.0. The van der Waals surface area contributed by atoms with Crippen LogP contribution in [0.5, 0.6) is 0 Å². The Bertz CT molecular complexity index is 328. The lowest BCUT2D eigenvalue weighted by Crippen LogP contribution is -2.02. The van der Waals surface area contributed by atoms with Gasteiger partial charge in [-0.2, -0.15) is 11.8 Å². The Morgan fingerprint density at radius 2 is 2.12 bits per heavy atom. The molecule has 1 nitrogen and oxygen atoms in total. The molecule has 90 valence electrons. The van der Waals surface area contributed by atoms with Crippen LogP contribution in [-0.4, -0.2) is 5.75 Å². The first kappa shape index (κ1) is 13.5. The minimum atomic E-state index is -0.170. The van der Waals surface area contributed by atoms with E-state index < -0.39 is 0 Å². The van der Waals surface area contributed by atoms with Gasteiger partial charge in [0.2, 0.25) is 0 Å². The number of rotatable bonds is 6. The number of benzene rings is 1. The van der Waals surface area contributed by atoms with Crippen molar-refractivity contribution in [2.75, 3.05) is 5.75 Å². The molecule has 0 radical (unpaired) electrons. The van der Waals surface area contributed by atoms with Crippen molar-refractivity contribution in [3.05, 3.63) is 35.1 Å². The zero-order valence-corrected chi connectivity index (χ0v) is 10.8. The van der Waals surface area contributed by atoms with E-state index >= 15 is 0 Å². The van der Waals surface area contributed by atoms with Gasteiger partial charge in [-0.25, -0.2) is 4.39 Å². The Hall–Kier alpha value is -0.540. The molecule has 0 spiro atoms. The van der Waals surface area contributed by atoms with Crippen LogP contribution in [-0.2, 0) is 12.3 Å². The fourth-order valence-electron chi connectivity index (χ4n) is 1.42. The quantitative estimate of drug-likeness (QED) is 0.824. The molecule has 1 aromatic rings. The molecule has 1 atom stereocenters. The first-order valence-corrected chi connectivity index (χ1v) is 6.88. The molecule has 0 aliphatic heterocycles. The molecule has 0 heterocycles. The first-order chi connectivity index (χ1) is 7.67. The molecule has 0 amide bonds. The van der Waals surface area contributed by atoms with Crippen LogP contribution in [0.25, 0.3) is 0 Å². The van der Waals surface area contributed by atoms with E-state index in [9.17, 15) is 4.39 Å². The van der Waals surface area contributed by atoms with E-state index in [1.165, 1.54) is 12.5 Å². The van der Waals surface area contributed by atoms with Gasteiger partial charge in [-0.3, -0.25) is 0 Å². The van der Waals surface area contributed by atoms with E-state index in [0.29, 0.717) is 6.54 Å². The summed E-state index contributed by atoms with van der Waals surface area (Å²) < 4.78 is 13.1. The first-order valence-electron chi connectivity index (χ1n) is 5.72. The highest BCUT2D eigenvalue weighted by Crippen LogP contribution is 2.20. The van der Waals surface area contributed by atoms with Crippen molar-refractivity contribution < 1.29 is 4.39 Å². The molecule has 1 aromatic carbocycles. The van der Waals surface area contributed by atoms with Crippen LogP contribution in [0.4, 0.5) is 4.39 Å². The maximum Gasteiger partial charge on any atom is 0.123 e. The van der Waals surface area contributed by atoms with Crippen LogP contribution in [0.3, 0.4) is 0 Å². The van der Waals surface area contributed by atoms with Gasteiger partial charge in [0, 0.05) is 12.3 Å². The lowest BCUT2D eigenvalue weighted by molar-refractivity contribution is 0.625. The molecule has 1 unspecified atom stereocenters. The van der Waals surface area contributed by atoms with Gasteiger partial charge in [0.15, 0.2) is 0 Å². The predicted octanol–water partition coefficient (Wildman–Crippen LogP) is 3.56. The molecule has 0 aromatic heterocycles. The second kappa shape index (κ2) is 6.92. The molecule has 0 saturated heterocycles. The maximum absolute atomic E-state index is 13.1. The minimum absolute atomic E-state index is 0.170. The molecule has 2 N–H and O–H groups in total. The summed E-state index contributed by atoms with van der Waals surface area (Å²) in [5, 5.41) is 0. The standard InChI is InChI=1S/C13H20FNS/c1-3-10(2)8-16-9-12-6-13(14)5-4-11(12)7-15/h4-6,10H,3,7-9,15H2,1-2H3. The summed E-state index contributed by atoms with van der Waals surface area (Å²) in [6.07, 6.45) is 1.19. The van der Waals surface area contributed by atoms with Crippen molar-refractivity contribution in [3.8, 4) is 0 Å². The van der Waals surface area contributed by atoms with Crippen LogP contribution in [0.15, 0.2) is 18.2 Å². The van der Waals surface area contributed by atoms with Gasteiger partial charge >= 0.3 is 0 Å². The minimum Gasteiger partial charge on any atom is -0.326 e. The fraction of sp³-hybridized carbons (Fsp3) is 0.538. The van der Waals surface area contributed by atoms with Crippen LogP contribution in [0.2, 0.25) is 0 Å². The third-order valence-corrected chi connectivity index (χ3v) is 4.06. The number of thioether (sulfide) groups is 1. The molecule has 0 fully saturated rings. The Labute approximate surface area is 102 Å². The average molecular weight is 241 g/mol. The molecule has 0 aliphatic carbocycles. The summed E-state index contributed by atoms with van der Waals surface area (Å²) >= 11 is 1.86. The second-order valence-electron chi connectivity index (χ2n) is 4.15. The SMILES string of the molecule is CCC(C)CSCc1cc(F)ccc1CN. The van der Waals surface area contributed by atoms with E-state index in [-0.39, 0.29) is 5.82 Å². The Morgan fingerprint density at radius 3 is 2.75 bits per heavy atom. The molecule has 0 aliphatic rings. The van der Waals surface area contributed by atoms with Gasteiger partial charge < -0.3 is 5.73 Å². The van der Waals surface area contributed by atoms with Crippen molar-refractivity contribution in [3.63, 3.8) is 0 Å². The highest BCUT2D eigenvalue weighted by atomic mass is 32.2. The van der Waals surface area contributed by atoms with Gasteiger partial charge in [0.25, 0.3) is 0 Å². The van der Waals surface area contributed by atoms with Crippen molar-refractivity contribution in [1.29, 1.82) is 0 Å². The Balaban J connectivity index is 2.55. The van der Waals surface area contributed by atoms with Crippen molar-refractivity contribution in [2.24, 2.45) is 11.7 Å². The largest absolute Gasteiger partial charge is 0.326 e.